The Morgan fingerprint density at radius 1 is 1.09 bits per heavy atom. The van der Waals surface area contributed by atoms with E-state index < -0.39 is 18.5 Å². The van der Waals surface area contributed by atoms with Crippen LogP contribution in [0.25, 0.3) is 0 Å². The summed E-state index contributed by atoms with van der Waals surface area (Å²) in [5.74, 6) is -1.30. The number of halogens is 2. The van der Waals surface area contributed by atoms with Crippen molar-refractivity contribution in [3.63, 3.8) is 0 Å². The van der Waals surface area contributed by atoms with E-state index in [2.05, 4.69) is 5.32 Å². The Kier molecular flexibility index (Phi) is 5.58. The van der Waals surface area contributed by atoms with E-state index in [9.17, 15) is 9.59 Å². The highest BCUT2D eigenvalue weighted by molar-refractivity contribution is 6.39. The normalized spacial score (nSPS) is 9.78. The molecule has 0 aliphatic carbocycles. The maximum absolute atomic E-state index is 11.9. The summed E-state index contributed by atoms with van der Waals surface area (Å²) in [6, 6.07) is 12.8. The van der Waals surface area contributed by atoms with Gasteiger partial charge in [0.15, 0.2) is 6.61 Å². The number of nitrogens with one attached hydrogen (secondary N) is 1. The molecule has 0 radical (unpaired) electrons. The van der Waals surface area contributed by atoms with Crippen LogP contribution in [0.1, 0.15) is 15.9 Å². The molecule has 0 fully saturated rings. The van der Waals surface area contributed by atoms with Gasteiger partial charge in [0.05, 0.1) is 27.2 Å². The molecule has 2 rings (SSSR count). The van der Waals surface area contributed by atoms with Gasteiger partial charge in [0, 0.05) is 5.69 Å². The van der Waals surface area contributed by atoms with E-state index in [1.54, 1.807) is 30.3 Å². The number of nitriles is 1. The van der Waals surface area contributed by atoms with Crippen LogP contribution in [0.15, 0.2) is 42.5 Å². The number of hydrogen-bond donors (Lipinski definition) is 1. The largest absolute Gasteiger partial charge is 0.452 e. The topological polar surface area (TPSA) is 79.2 Å². The van der Waals surface area contributed by atoms with Crippen LogP contribution in [-0.2, 0) is 9.53 Å². The third-order valence-electron chi connectivity index (χ3n) is 2.80. The molecule has 0 aromatic heterocycles. The molecule has 5 nitrogen and oxygen atoms in total. The van der Waals surface area contributed by atoms with Crippen molar-refractivity contribution >= 4 is 40.8 Å². The lowest BCUT2D eigenvalue weighted by Gasteiger charge is -2.08. The standard InChI is InChI=1S/C16H10Cl2N2O3/c17-12-2-1-3-13(18)15(12)16(22)23-9-14(21)20-11-6-4-10(8-19)5-7-11/h1-7H,9H2,(H,20,21). The van der Waals surface area contributed by atoms with Crippen molar-refractivity contribution in [1.29, 1.82) is 5.26 Å². The SMILES string of the molecule is N#Cc1ccc(NC(=O)COC(=O)c2c(Cl)cccc2Cl)cc1. The summed E-state index contributed by atoms with van der Waals surface area (Å²) in [5, 5.41) is 11.5. The van der Waals surface area contributed by atoms with Gasteiger partial charge in [-0.3, -0.25) is 4.79 Å². The second-order valence-corrected chi connectivity index (χ2v) is 5.22. The number of benzene rings is 2. The molecule has 1 N–H and O–H groups in total. The number of amides is 1. The van der Waals surface area contributed by atoms with Crippen molar-refractivity contribution in [2.24, 2.45) is 0 Å². The molecule has 0 spiro atoms. The maximum Gasteiger partial charge on any atom is 0.341 e. The molecule has 0 atom stereocenters. The highest BCUT2D eigenvalue weighted by Gasteiger charge is 2.17. The number of carbonyl (C=O) groups excluding carboxylic acids is 2. The summed E-state index contributed by atoms with van der Waals surface area (Å²) >= 11 is 11.8. The number of anilines is 1. The van der Waals surface area contributed by atoms with Crippen LogP contribution >= 0.6 is 23.2 Å². The fourth-order valence-corrected chi connectivity index (χ4v) is 2.27. The Morgan fingerprint density at radius 2 is 1.70 bits per heavy atom. The van der Waals surface area contributed by atoms with Crippen LogP contribution in [0, 0.1) is 11.3 Å². The third-order valence-corrected chi connectivity index (χ3v) is 3.43. The van der Waals surface area contributed by atoms with Crippen molar-refractivity contribution in [2.75, 3.05) is 11.9 Å². The summed E-state index contributed by atoms with van der Waals surface area (Å²) in [6.45, 7) is -0.486. The number of hydrogen-bond acceptors (Lipinski definition) is 4. The zero-order valence-corrected chi connectivity index (χ0v) is 13.2. The van der Waals surface area contributed by atoms with Gasteiger partial charge in [-0.05, 0) is 36.4 Å². The van der Waals surface area contributed by atoms with Crippen molar-refractivity contribution < 1.29 is 14.3 Å². The van der Waals surface area contributed by atoms with Gasteiger partial charge in [0.25, 0.3) is 5.91 Å². The van der Waals surface area contributed by atoms with Crippen molar-refractivity contribution in [2.45, 2.75) is 0 Å². The summed E-state index contributed by atoms with van der Waals surface area (Å²) < 4.78 is 4.90. The van der Waals surface area contributed by atoms with Gasteiger partial charge in [-0.25, -0.2) is 4.79 Å². The monoisotopic (exact) mass is 348 g/mol. The predicted molar refractivity (Wildman–Crippen MR) is 86.5 cm³/mol. The van der Waals surface area contributed by atoms with Gasteiger partial charge < -0.3 is 10.1 Å². The highest BCUT2D eigenvalue weighted by Crippen LogP contribution is 2.24. The second-order valence-electron chi connectivity index (χ2n) is 4.41. The van der Waals surface area contributed by atoms with E-state index >= 15 is 0 Å². The average molecular weight is 349 g/mol. The molecular weight excluding hydrogens is 339 g/mol. The average Bonchev–Trinajstić information content (AvgIpc) is 2.53. The van der Waals surface area contributed by atoms with Crippen LogP contribution in [-0.4, -0.2) is 18.5 Å². The molecule has 1 amide bonds. The minimum Gasteiger partial charge on any atom is -0.452 e. The Balaban J connectivity index is 1.93. The van der Waals surface area contributed by atoms with Crippen molar-refractivity contribution in [3.8, 4) is 6.07 Å². The third kappa shape index (κ3) is 4.46. The predicted octanol–water partition coefficient (Wildman–Crippen LogP) is 3.66. The molecule has 0 saturated heterocycles. The number of ether oxygens (including phenoxy) is 1. The van der Waals surface area contributed by atoms with E-state index in [0.717, 1.165) is 0 Å². The molecule has 2 aromatic rings. The molecule has 0 saturated carbocycles. The molecule has 0 aliphatic rings. The highest BCUT2D eigenvalue weighted by atomic mass is 35.5. The molecular formula is C16H10Cl2N2O3. The van der Waals surface area contributed by atoms with E-state index in [1.165, 1.54) is 12.1 Å². The van der Waals surface area contributed by atoms with E-state index in [1.807, 2.05) is 6.07 Å². The smallest absolute Gasteiger partial charge is 0.341 e. The van der Waals surface area contributed by atoms with Crippen molar-refractivity contribution in [3.05, 3.63) is 63.6 Å². The first-order valence-corrected chi connectivity index (χ1v) is 7.18. The Morgan fingerprint density at radius 3 is 2.26 bits per heavy atom. The number of esters is 1. The molecule has 7 heteroatoms. The van der Waals surface area contributed by atoms with Crippen LogP contribution < -0.4 is 5.32 Å². The molecule has 116 valence electrons. The quantitative estimate of drug-likeness (QED) is 0.855. The minimum absolute atomic E-state index is 0.0157. The van der Waals surface area contributed by atoms with E-state index in [-0.39, 0.29) is 15.6 Å². The minimum atomic E-state index is -0.782. The van der Waals surface area contributed by atoms with Gasteiger partial charge >= 0.3 is 5.97 Å². The lowest BCUT2D eigenvalue weighted by molar-refractivity contribution is -0.119. The first-order chi connectivity index (χ1) is 11.0. The molecule has 2 aromatic carbocycles. The Labute approximate surface area is 142 Å². The first kappa shape index (κ1) is 16.8. The van der Waals surface area contributed by atoms with Crippen LogP contribution in [0.5, 0.6) is 0 Å². The van der Waals surface area contributed by atoms with Crippen LogP contribution in [0.3, 0.4) is 0 Å². The summed E-state index contributed by atoms with van der Waals surface area (Å²) in [7, 11) is 0. The fraction of sp³-hybridized carbons (Fsp3) is 0.0625. The molecule has 0 aliphatic heterocycles. The summed E-state index contributed by atoms with van der Waals surface area (Å²) in [6.07, 6.45) is 0. The lowest BCUT2D eigenvalue weighted by Crippen LogP contribution is -2.21. The van der Waals surface area contributed by atoms with E-state index in [4.69, 9.17) is 33.2 Å². The van der Waals surface area contributed by atoms with Crippen LogP contribution in [0.4, 0.5) is 5.69 Å². The zero-order valence-electron chi connectivity index (χ0n) is 11.7. The van der Waals surface area contributed by atoms with Gasteiger partial charge in [0.1, 0.15) is 0 Å². The van der Waals surface area contributed by atoms with Gasteiger partial charge in [-0.1, -0.05) is 29.3 Å². The summed E-state index contributed by atoms with van der Waals surface area (Å²) in [4.78, 5) is 23.7. The lowest BCUT2D eigenvalue weighted by atomic mass is 10.2. The molecule has 23 heavy (non-hydrogen) atoms. The number of rotatable bonds is 4. The first-order valence-electron chi connectivity index (χ1n) is 6.42. The molecule has 0 bridgehead atoms. The fourth-order valence-electron chi connectivity index (χ4n) is 1.72. The van der Waals surface area contributed by atoms with Gasteiger partial charge in [-0.15, -0.1) is 0 Å². The molecule has 0 heterocycles. The number of carbonyl (C=O) groups is 2. The van der Waals surface area contributed by atoms with E-state index in [0.29, 0.717) is 11.3 Å². The Hall–Kier alpha value is -2.55. The zero-order chi connectivity index (χ0) is 16.8. The van der Waals surface area contributed by atoms with Gasteiger partial charge in [-0.2, -0.15) is 5.26 Å². The van der Waals surface area contributed by atoms with Gasteiger partial charge in [0.2, 0.25) is 0 Å². The Bertz CT molecular complexity index is 763. The maximum atomic E-state index is 11.9. The number of nitrogens with zero attached hydrogens (tertiary/aromatic N) is 1. The molecule has 0 unspecified atom stereocenters. The second kappa shape index (κ2) is 7.63. The van der Waals surface area contributed by atoms with Crippen LogP contribution in [0.2, 0.25) is 10.0 Å². The van der Waals surface area contributed by atoms with Crippen molar-refractivity contribution in [1.82, 2.24) is 0 Å². The summed E-state index contributed by atoms with van der Waals surface area (Å²) in [5.41, 5.74) is 0.977.